The van der Waals surface area contributed by atoms with Crippen LogP contribution >= 0.6 is 23.7 Å². The normalized spacial score (nSPS) is 11.7. The number of anilines is 1. The van der Waals surface area contributed by atoms with E-state index in [4.69, 9.17) is 5.73 Å². The lowest BCUT2D eigenvalue weighted by Gasteiger charge is -2.21. The summed E-state index contributed by atoms with van der Waals surface area (Å²) in [7, 11) is 0. The summed E-state index contributed by atoms with van der Waals surface area (Å²) in [5.41, 5.74) is 8.69. The Labute approximate surface area is 125 Å². The van der Waals surface area contributed by atoms with E-state index < -0.39 is 0 Å². The van der Waals surface area contributed by atoms with Gasteiger partial charge in [-0.15, -0.1) is 23.7 Å². The highest BCUT2D eigenvalue weighted by atomic mass is 35.5. The maximum Gasteiger partial charge on any atom is 0.0646 e. The quantitative estimate of drug-likeness (QED) is 0.901. The van der Waals surface area contributed by atoms with Crippen molar-refractivity contribution in [1.29, 1.82) is 0 Å². The number of nitrogens with two attached hydrogens (primary N) is 1. The zero-order valence-electron chi connectivity index (χ0n) is 11.4. The molecule has 0 saturated heterocycles. The van der Waals surface area contributed by atoms with E-state index >= 15 is 0 Å². The van der Waals surface area contributed by atoms with Gasteiger partial charge in [0, 0.05) is 23.7 Å². The molecule has 1 atom stereocenters. The van der Waals surface area contributed by atoms with E-state index in [0.29, 0.717) is 0 Å². The first kappa shape index (κ1) is 16.0. The maximum atomic E-state index is 6.25. The van der Waals surface area contributed by atoms with Crippen molar-refractivity contribution in [3.05, 3.63) is 52.2 Å². The smallest absolute Gasteiger partial charge is 0.0646 e. The molecule has 1 aromatic heterocycles. The van der Waals surface area contributed by atoms with Crippen molar-refractivity contribution in [2.75, 3.05) is 18.0 Å². The van der Waals surface area contributed by atoms with Crippen molar-refractivity contribution >= 4 is 29.4 Å². The van der Waals surface area contributed by atoms with Gasteiger partial charge in [0.05, 0.1) is 6.04 Å². The zero-order chi connectivity index (χ0) is 13.0. The fourth-order valence-electron chi connectivity index (χ4n) is 2.11. The lowest BCUT2D eigenvalue weighted by molar-refractivity contribution is 0.860. The van der Waals surface area contributed by atoms with Crippen molar-refractivity contribution in [2.45, 2.75) is 19.9 Å². The Bertz CT molecular complexity index is 463. The zero-order valence-corrected chi connectivity index (χ0v) is 13.0. The molecule has 0 bridgehead atoms. The molecule has 0 aliphatic heterocycles. The summed E-state index contributed by atoms with van der Waals surface area (Å²) < 4.78 is 0. The van der Waals surface area contributed by atoms with Gasteiger partial charge in [-0.25, -0.2) is 0 Å². The van der Waals surface area contributed by atoms with Crippen molar-refractivity contribution in [1.82, 2.24) is 0 Å². The number of thiophene rings is 1. The van der Waals surface area contributed by atoms with Gasteiger partial charge in [-0.2, -0.15) is 0 Å². The molecule has 0 aliphatic rings. The second-order valence-corrected chi connectivity index (χ2v) is 5.24. The molecule has 0 radical (unpaired) electrons. The van der Waals surface area contributed by atoms with E-state index in [-0.39, 0.29) is 18.4 Å². The number of hydrogen-bond donors (Lipinski definition) is 1. The third-order valence-electron chi connectivity index (χ3n) is 3.23. The van der Waals surface area contributed by atoms with Crippen LogP contribution in [0.3, 0.4) is 0 Å². The molecule has 2 N–H and O–H groups in total. The van der Waals surface area contributed by atoms with Gasteiger partial charge in [0.25, 0.3) is 0 Å². The molecule has 104 valence electrons. The summed E-state index contributed by atoms with van der Waals surface area (Å²) in [6.07, 6.45) is 0. The van der Waals surface area contributed by atoms with Gasteiger partial charge in [-0.3, -0.25) is 0 Å². The van der Waals surface area contributed by atoms with Crippen LogP contribution in [-0.4, -0.2) is 13.1 Å². The molecule has 0 amide bonds. The topological polar surface area (TPSA) is 29.3 Å². The molecular weight excluding hydrogens is 276 g/mol. The highest BCUT2D eigenvalue weighted by Crippen LogP contribution is 2.25. The van der Waals surface area contributed by atoms with Gasteiger partial charge in [0.2, 0.25) is 0 Å². The van der Waals surface area contributed by atoms with Crippen LogP contribution in [0.2, 0.25) is 0 Å². The van der Waals surface area contributed by atoms with Crippen molar-refractivity contribution < 1.29 is 0 Å². The molecule has 0 aliphatic carbocycles. The van der Waals surface area contributed by atoms with Gasteiger partial charge in [-0.05, 0) is 43.0 Å². The van der Waals surface area contributed by atoms with Gasteiger partial charge >= 0.3 is 0 Å². The third kappa shape index (κ3) is 3.72. The Balaban J connectivity index is 0.00000180. The first-order chi connectivity index (χ1) is 8.76. The first-order valence-electron chi connectivity index (χ1n) is 6.40. The third-order valence-corrected chi connectivity index (χ3v) is 4.19. The van der Waals surface area contributed by atoms with Gasteiger partial charge < -0.3 is 10.6 Å². The van der Waals surface area contributed by atoms with E-state index in [1.807, 2.05) is 6.07 Å². The maximum absolute atomic E-state index is 6.25. The molecule has 2 nitrogen and oxygen atoms in total. The Kier molecular flexibility index (Phi) is 6.35. The number of halogens is 1. The second-order valence-electron chi connectivity index (χ2n) is 4.26. The van der Waals surface area contributed by atoms with Crippen molar-refractivity contribution in [3.8, 4) is 0 Å². The second kappa shape index (κ2) is 7.53. The molecule has 1 aromatic carbocycles. The molecule has 0 fully saturated rings. The highest BCUT2D eigenvalue weighted by molar-refractivity contribution is 7.10. The molecular formula is C15H21ClN2S. The van der Waals surface area contributed by atoms with E-state index in [1.165, 1.54) is 16.1 Å². The predicted octanol–water partition coefficient (Wildman–Crippen LogP) is 4.06. The highest BCUT2D eigenvalue weighted by Gasteiger charge is 2.10. The largest absolute Gasteiger partial charge is 0.372 e. The lowest BCUT2D eigenvalue weighted by Crippen LogP contribution is -2.21. The average molecular weight is 297 g/mol. The van der Waals surface area contributed by atoms with Crippen LogP contribution in [0.4, 0.5) is 5.69 Å². The summed E-state index contributed by atoms with van der Waals surface area (Å²) in [6, 6.07) is 12.7. The van der Waals surface area contributed by atoms with Gasteiger partial charge in [0.15, 0.2) is 0 Å². The Morgan fingerprint density at radius 1 is 1.11 bits per heavy atom. The number of hydrogen-bond acceptors (Lipinski definition) is 3. The van der Waals surface area contributed by atoms with Crippen molar-refractivity contribution in [3.63, 3.8) is 0 Å². The Morgan fingerprint density at radius 3 is 2.21 bits per heavy atom. The molecule has 0 spiro atoms. The standard InChI is InChI=1S/C15H20N2S.ClH/c1-3-17(4-2)13-9-7-12(8-10-13)15(16)14-6-5-11-18-14;/h5-11,15H,3-4,16H2,1-2H3;1H/t15-;/m0./s1. The molecule has 4 heteroatoms. The summed E-state index contributed by atoms with van der Waals surface area (Å²) in [4.78, 5) is 3.55. The fraction of sp³-hybridized carbons (Fsp3) is 0.333. The van der Waals surface area contributed by atoms with Crippen LogP contribution in [0.5, 0.6) is 0 Å². The van der Waals surface area contributed by atoms with Crippen LogP contribution < -0.4 is 10.6 Å². The van der Waals surface area contributed by atoms with E-state index in [0.717, 1.165) is 13.1 Å². The Hall–Kier alpha value is -1.03. The lowest BCUT2D eigenvalue weighted by atomic mass is 10.1. The summed E-state index contributed by atoms with van der Waals surface area (Å²) in [6.45, 7) is 6.42. The number of benzene rings is 1. The monoisotopic (exact) mass is 296 g/mol. The average Bonchev–Trinajstić information content (AvgIpc) is 2.94. The van der Waals surface area contributed by atoms with Crippen LogP contribution in [0.1, 0.15) is 30.3 Å². The molecule has 2 rings (SSSR count). The SMILES string of the molecule is CCN(CC)c1ccc([C@H](N)c2cccs2)cc1.Cl. The molecule has 1 heterocycles. The van der Waals surface area contributed by atoms with Gasteiger partial charge in [0.1, 0.15) is 0 Å². The van der Waals surface area contributed by atoms with E-state index in [1.54, 1.807) is 11.3 Å². The molecule has 2 aromatic rings. The van der Waals surface area contributed by atoms with Gasteiger partial charge in [-0.1, -0.05) is 18.2 Å². The van der Waals surface area contributed by atoms with E-state index in [9.17, 15) is 0 Å². The summed E-state index contributed by atoms with van der Waals surface area (Å²) in [5, 5.41) is 2.07. The predicted molar refractivity (Wildman–Crippen MR) is 87.6 cm³/mol. The summed E-state index contributed by atoms with van der Waals surface area (Å²) >= 11 is 1.71. The minimum Gasteiger partial charge on any atom is -0.372 e. The van der Waals surface area contributed by atoms with Crippen LogP contribution in [0.25, 0.3) is 0 Å². The minimum atomic E-state index is -0.00393. The van der Waals surface area contributed by atoms with E-state index in [2.05, 4.69) is 54.5 Å². The van der Waals surface area contributed by atoms with Crippen LogP contribution in [-0.2, 0) is 0 Å². The Morgan fingerprint density at radius 2 is 1.74 bits per heavy atom. The van der Waals surface area contributed by atoms with Crippen molar-refractivity contribution in [2.24, 2.45) is 5.73 Å². The van der Waals surface area contributed by atoms with Crippen LogP contribution in [0, 0.1) is 0 Å². The van der Waals surface area contributed by atoms with Crippen LogP contribution in [0.15, 0.2) is 41.8 Å². The fourth-order valence-corrected chi connectivity index (χ4v) is 2.87. The molecule has 0 saturated carbocycles. The minimum absolute atomic E-state index is 0. The summed E-state index contributed by atoms with van der Waals surface area (Å²) in [5.74, 6) is 0. The number of nitrogens with zero attached hydrogens (tertiary/aromatic N) is 1. The molecule has 19 heavy (non-hydrogen) atoms. The number of rotatable bonds is 5. The first-order valence-corrected chi connectivity index (χ1v) is 7.28. The molecule has 0 unspecified atom stereocenters.